The second-order valence-electron chi connectivity index (χ2n) is 3.84. The minimum Gasteiger partial charge on any atom is -0.441 e. The average molecular weight is 268 g/mol. The van der Waals surface area contributed by atoms with E-state index < -0.39 is 0 Å². The summed E-state index contributed by atoms with van der Waals surface area (Å²) >= 11 is 3.57. The van der Waals surface area contributed by atoms with Crippen LogP contribution < -0.4 is 0 Å². The maximum absolute atomic E-state index is 5.69. The lowest BCUT2D eigenvalue weighted by molar-refractivity contribution is 0.525. The van der Waals surface area contributed by atoms with E-state index in [-0.39, 0.29) is 0 Å². The summed E-state index contributed by atoms with van der Waals surface area (Å²) in [5.74, 6) is 0.841. The van der Waals surface area contributed by atoms with Gasteiger partial charge in [0, 0.05) is 10.9 Å². The van der Waals surface area contributed by atoms with Gasteiger partial charge < -0.3 is 4.42 Å². The molecule has 0 N–H and O–H groups in total. The molecule has 0 spiro atoms. The minimum atomic E-state index is 0.841. The van der Waals surface area contributed by atoms with E-state index in [9.17, 15) is 0 Å². The van der Waals surface area contributed by atoms with Crippen LogP contribution in [0.15, 0.2) is 15.0 Å². The van der Waals surface area contributed by atoms with Crippen molar-refractivity contribution in [1.29, 1.82) is 0 Å². The van der Waals surface area contributed by atoms with Gasteiger partial charge in [-0.3, -0.25) is 0 Å². The Morgan fingerprint density at radius 3 is 2.80 bits per heavy atom. The molecule has 0 bridgehead atoms. The number of nitrogens with zero attached hydrogens (tertiary/aromatic N) is 1. The third-order valence-corrected chi connectivity index (χ3v) is 3.76. The van der Waals surface area contributed by atoms with E-state index in [4.69, 9.17) is 4.42 Å². The van der Waals surface area contributed by atoms with Crippen LogP contribution in [0.4, 0.5) is 0 Å². The number of oxazole rings is 1. The Morgan fingerprint density at radius 2 is 2.13 bits per heavy atom. The lowest BCUT2D eigenvalue weighted by Gasteiger charge is -2.01. The number of aryl methyl sites for hydroxylation is 3. The number of hydrogen-bond acceptors (Lipinski definition) is 2. The molecule has 1 aromatic heterocycles. The van der Waals surface area contributed by atoms with Gasteiger partial charge >= 0.3 is 0 Å². The molecule has 3 heteroatoms. The normalized spacial score (nSPS) is 11.2. The first-order chi connectivity index (χ1) is 7.13. The highest BCUT2D eigenvalue weighted by Gasteiger charge is 2.11. The van der Waals surface area contributed by atoms with Crippen LogP contribution in [0.1, 0.15) is 30.4 Å². The Balaban J connectivity index is 2.65. The van der Waals surface area contributed by atoms with Gasteiger partial charge in [-0.2, -0.15) is 0 Å². The van der Waals surface area contributed by atoms with Gasteiger partial charge in [-0.05, 0) is 37.5 Å². The van der Waals surface area contributed by atoms with Crippen LogP contribution in [0, 0.1) is 13.8 Å². The molecule has 0 fully saturated rings. The fourth-order valence-corrected chi connectivity index (χ4v) is 2.03. The second kappa shape index (κ2) is 3.97. The Morgan fingerprint density at radius 1 is 1.40 bits per heavy atom. The van der Waals surface area contributed by atoms with Crippen molar-refractivity contribution >= 4 is 27.0 Å². The van der Waals surface area contributed by atoms with Crippen molar-refractivity contribution < 1.29 is 4.42 Å². The van der Waals surface area contributed by atoms with Crippen molar-refractivity contribution in [2.24, 2.45) is 0 Å². The van der Waals surface area contributed by atoms with Crippen LogP contribution in [-0.2, 0) is 6.42 Å². The SMILES string of the molecule is CCCc1nc2c(C)c(Br)c(C)cc2o1. The van der Waals surface area contributed by atoms with E-state index in [1.54, 1.807) is 0 Å². The highest BCUT2D eigenvalue weighted by Crippen LogP contribution is 2.29. The summed E-state index contributed by atoms with van der Waals surface area (Å²) < 4.78 is 6.82. The Hall–Kier alpha value is -0.830. The quantitative estimate of drug-likeness (QED) is 0.817. The minimum absolute atomic E-state index is 0.841. The largest absolute Gasteiger partial charge is 0.441 e. The van der Waals surface area contributed by atoms with E-state index in [2.05, 4.69) is 41.7 Å². The van der Waals surface area contributed by atoms with Crippen molar-refractivity contribution in [3.63, 3.8) is 0 Å². The van der Waals surface area contributed by atoms with Crippen LogP contribution in [-0.4, -0.2) is 4.98 Å². The molecular formula is C12H14BrNO. The third kappa shape index (κ3) is 1.81. The molecule has 0 atom stereocenters. The third-order valence-electron chi connectivity index (χ3n) is 2.54. The highest BCUT2D eigenvalue weighted by molar-refractivity contribution is 9.10. The summed E-state index contributed by atoms with van der Waals surface area (Å²) in [5.41, 5.74) is 4.24. The topological polar surface area (TPSA) is 26.0 Å². The molecule has 0 amide bonds. The summed E-state index contributed by atoms with van der Waals surface area (Å²) in [6.07, 6.45) is 1.97. The van der Waals surface area contributed by atoms with Crippen LogP contribution in [0.5, 0.6) is 0 Å². The van der Waals surface area contributed by atoms with Crippen LogP contribution in [0.3, 0.4) is 0 Å². The maximum atomic E-state index is 5.69. The molecule has 0 aliphatic heterocycles. The van der Waals surface area contributed by atoms with E-state index in [1.807, 2.05) is 6.07 Å². The molecule has 2 aromatic rings. The Bertz CT molecular complexity index is 502. The number of benzene rings is 1. The molecule has 2 nitrogen and oxygen atoms in total. The van der Waals surface area contributed by atoms with Gasteiger partial charge in [0.1, 0.15) is 5.52 Å². The summed E-state index contributed by atoms with van der Waals surface area (Å²) in [6, 6.07) is 2.04. The summed E-state index contributed by atoms with van der Waals surface area (Å²) in [4.78, 5) is 4.51. The van der Waals surface area contributed by atoms with Gasteiger partial charge in [-0.25, -0.2) is 4.98 Å². The first-order valence-corrected chi connectivity index (χ1v) is 5.98. The molecule has 0 aliphatic carbocycles. The van der Waals surface area contributed by atoms with E-state index in [0.29, 0.717) is 0 Å². The maximum Gasteiger partial charge on any atom is 0.195 e. The average Bonchev–Trinajstić information content (AvgIpc) is 2.58. The molecule has 2 rings (SSSR count). The smallest absolute Gasteiger partial charge is 0.195 e. The van der Waals surface area contributed by atoms with Crippen molar-refractivity contribution in [2.75, 3.05) is 0 Å². The van der Waals surface area contributed by atoms with Crippen LogP contribution >= 0.6 is 15.9 Å². The first-order valence-electron chi connectivity index (χ1n) is 5.18. The molecule has 0 radical (unpaired) electrons. The molecule has 1 aromatic carbocycles. The first kappa shape index (κ1) is 10.7. The van der Waals surface area contributed by atoms with Gasteiger partial charge in [-0.1, -0.05) is 22.9 Å². The standard InChI is InChI=1S/C12H14BrNO/c1-4-5-10-14-12-8(3)11(13)7(2)6-9(12)15-10/h6H,4-5H2,1-3H3. The summed E-state index contributed by atoms with van der Waals surface area (Å²) in [5, 5.41) is 0. The van der Waals surface area contributed by atoms with Crippen LogP contribution in [0.2, 0.25) is 0 Å². The lowest BCUT2D eigenvalue weighted by atomic mass is 10.1. The fraction of sp³-hybridized carbons (Fsp3) is 0.417. The fourth-order valence-electron chi connectivity index (χ4n) is 1.72. The Kier molecular flexibility index (Phi) is 2.83. The Labute approximate surface area is 97.8 Å². The van der Waals surface area contributed by atoms with Gasteiger partial charge in [0.25, 0.3) is 0 Å². The number of hydrogen-bond donors (Lipinski definition) is 0. The van der Waals surface area contributed by atoms with Crippen molar-refractivity contribution in [1.82, 2.24) is 4.98 Å². The second-order valence-corrected chi connectivity index (χ2v) is 4.63. The monoisotopic (exact) mass is 267 g/mol. The zero-order chi connectivity index (χ0) is 11.0. The van der Waals surface area contributed by atoms with Gasteiger partial charge in [0.2, 0.25) is 0 Å². The summed E-state index contributed by atoms with van der Waals surface area (Å²) in [6.45, 7) is 6.26. The zero-order valence-corrected chi connectivity index (χ0v) is 10.8. The predicted molar refractivity (Wildman–Crippen MR) is 65.2 cm³/mol. The van der Waals surface area contributed by atoms with Crippen LogP contribution in [0.25, 0.3) is 11.1 Å². The van der Waals surface area contributed by atoms with Gasteiger partial charge in [0.05, 0.1) is 0 Å². The molecule has 0 saturated heterocycles. The molecular weight excluding hydrogens is 254 g/mol. The van der Waals surface area contributed by atoms with Crippen molar-refractivity contribution in [3.05, 3.63) is 27.6 Å². The molecule has 15 heavy (non-hydrogen) atoms. The zero-order valence-electron chi connectivity index (χ0n) is 9.22. The van der Waals surface area contributed by atoms with Crippen molar-refractivity contribution in [2.45, 2.75) is 33.6 Å². The predicted octanol–water partition coefficient (Wildman–Crippen LogP) is 4.16. The molecule has 0 saturated carbocycles. The van der Waals surface area contributed by atoms with E-state index in [1.165, 1.54) is 5.56 Å². The molecule has 0 aliphatic rings. The number of rotatable bonds is 2. The lowest BCUT2D eigenvalue weighted by Crippen LogP contribution is -1.84. The number of fused-ring (bicyclic) bond motifs is 1. The highest BCUT2D eigenvalue weighted by atomic mass is 79.9. The van der Waals surface area contributed by atoms with E-state index >= 15 is 0 Å². The van der Waals surface area contributed by atoms with Gasteiger partial charge in [0.15, 0.2) is 11.5 Å². The molecule has 80 valence electrons. The number of halogens is 1. The molecule has 0 unspecified atom stereocenters. The number of aromatic nitrogens is 1. The molecule has 1 heterocycles. The van der Waals surface area contributed by atoms with E-state index in [0.717, 1.165) is 39.9 Å². The van der Waals surface area contributed by atoms with Gasteiger partial charge in [-0.15, -0.1) is 0 Å². The van der Waals surface area contributed by atoms with Crippen molar-refractivity contribution in [3.8, 4) is 0 Å². The summed E-state index contributed by atoms with van der Waals surface area (Å²) in [7, 11) is 0.